The van der Waals surface area contributed by atoms with Crippen molar-refractivity contribution in [2.24, 2.45) is 0 Å². The molecule has 2 fully saturated rings. The minimum Gasteiger partial charge on any atom is -0.497 e. The molecule has 6 nitrogen and oxygen atoms in total. The molecule has 0 aliphatic carbocycles. The van der Waals surface area contributed by atoms with E-state index in [0.29, 0.717) is 5.11 Å². The first-order chi connectivity index (χ1) is 10.5. The molecule has 2 aliphatic rings. The summed E-state index contributed by atoms with van der Waals surface area (Å²) < 4.78 is 29.9. The molecular weight excluding hydrogens is 342 g/mol. The summed E-state index contributed by atoms with van der Waals surface area (Å²) in [5.41, 5.74) is 0.855. The first-order valence-electron chi connectivity index (χ1n) is 6.71. The standard InChI is InChI=1S/C13H13N3O3S3/c1-19-7-2-3-8-11(4-7)21-13(15-8)16-10-6-22(17,18)5-9(10)14-12(16)20/h2-4,9-10H,5-6H2,1H3,(H,14,20). The van der Waals surface area contributed by atoms with Crippen molar-refractivity contribution < 1.29 is 13.2 Å². The SMILES string of the molecule is COc1ccc2nc(N3C(=S)NC4CS(=O)(=O)CC43)sc2c1. The zero-order chi connectivity index (χ0) is 15.5. The van der Waals surface area contributed by atoms with Gasteiger partial charge in [0.15, 0.2) is 20.1 Å². The van der Waals surface area contributed by atoms with Gasteiger partial charge in [0.05, 0.1) is 40.9 Å². The normalized spacial score (nSPS) is 26.2. The van der Waals surface area contributed by atoms with Gasteiger partial charge in [-0.15, -0.1) is 0 Å². The molecule has 0 amide bonds. The molecule has 2 saturated heterocycles. The van der Waals surface area contributed by atoms with Crippen molar-refractivity contribution in [1.29, 1.82) is 0 Å². The number of hydrogen-bond acceptors (Lipinski definition) is 6. The first kappa shape index (κ1) is 14.2. The van der Waals surface area contributed by atoms with E-state index in [9.17, 15) is 8.42 Å². The van der Waals surface area contributed by atoms with Gasteiger partial charge >= 0.3 is 0 Å². The number of rotatable bonds is 2. The lowest BCUT2D eigenvalue weighted by Gasteiger charge is -2.19. The zero-order valence-corrected chi connectivity index (χ0v) is 14.1. The summed E-state index contributed by atoms with van der Waals surface area (Å²) in [5.74, 6) is 1.02. The Morgan fingerprint density at radius 1 is 1.45 bits per heavy atom. The van der Waals surface area contributed by atoms with Gasteiger partial charge in [-0.05, 0) is 30.4 Å². The third-order valence-electron chi connectivity index (χ3n) is 3.97. The Hall–Kier alpha value is -1.45. The average molecular weight is 355 g/mol. The number of ether oxygens (including phenoxy) is 1. The molecule has 116 valence electrons. The quantitative estimate of drug-likeness (QED) is 0.811. The fourth-order valence-corrected chi connectivity index (χ4v) is 6.33. The van der Waals surface area contributed by atoms with Crippen molar-refractivity contribution in [3.63, 3.8) is 0 Å². The predicted molar refractivity (Wildman–Crippen MR) is 90.6 cm³/mol. The van der Waals surface area contributed by atoms with Crippen LogP contribution in [0, 0.1) is 0 Å². The smallest absolute Gasteiger partial charge is 0.193 e. The molecule has 4 rings (SSSR count). The number of fused-ring (bicyclic) bond motifs is 2. The Morgan fingerprint density at radius 2 is 2.27 bits per heavy atom. The number of nitrogens with zero attached hydrogens (tertiary/aromatic N) is 2. The van der Waals surface area contributed by atoms with Gasteiger partial charge in [-0.3, -0.25) is 4.90 Å². The van der Waals surface area contributed by atoms with Crippen molar-refractivity contribution in [1.82, 2.24) is 10.3 Å². The molecule has 0 spiro atoms. The lowest BCUT2D eigenvalue weighted by atomic mass is 10.2. The van der Waals surface area contributed by atoms with Crippen molar-refractivity contribution in [3.8, 4) is 5.75 Å². The van der Waals surface area contributed by atoms with Crippen molar-refractivity contribution >= 4 is 53.9 Å². The number of methoxy groups -OCH3 is 1. The highest BCUT2D eigenvalue weighted by atomic mass is 32.2. The van der Waals surface area contributed by atoms with E-state index in [-0.39, 0.29) is 23.6 Å². The summed E-state index contributed by atoms with van der Waals surface area (Å²) >= 11 is 6.86. The summed E-state index contributed by atoms with van der Waals surface area (Å²) in [6.45, 7) is 0. The third-order valence-corrected chi connectivity index (χ3v) is 7.02. The van der Waals surface area contributed by atoms with E-state index in [4.69, 9.17) is 17.0 Å². The van der Waals surface area contributed by atoms with Crippen molar-refractivity contribution in [2.75, 3.05) is 23.5 Å². The third kappa shape index (κ3) is 2.15. The van der Waals surface area contributed by atoms with E-state index >= 15 is 0 Å². The van der Waals surface area contributed by atoms with E-state index < -0.39 is 9.84 Å². The van der Waals surface area contributed by atoms with E-state index in [1.165, 1.54) is 11.3 Å². The maximum Gasteiger partial charge on any atom is 0.193 e. The van der Waals surface area contributed by atoms with Crippen LogP contribution >= 0.6 is 23.6 Å². The number of aromatic nitrogens is 1. The number of nitrogens with one attached hydrogen (secondary N) is 1. The van der Waals surface area contributed by atoms with Crippen LogP contribution in [-0.2, 0) is 9.84 Å². The van der Waals surface area contributed by atoms with Gasteiger partial charge in [0, 0.05) is 0 Å². The minimum atomic E-state index is -3.02. The maximum absolute atomic E-state index is 11.8. The number of thiocarbonyl (C=S) groups is 1. The lowest BCUT2D eigenvalue weighted by Crippen LogP contribution is -2.36. The Balaban J connectivity index is 1.76. The van der Waals surface area contributed by atoms with Crippen LogP contribution in [0.2, 0.25) is 0 Å². The van der Waals surface area contributed by atoms with Crippen molar-refractivity contribution in [2.45, 2.75) is 12.1 Å². The molecule has 2 atom stereocenters. The lowest BCUT2D eigenvalue weighted by molar-refractivity contribution is 0.415. The summed E-state index contributed by atoms with van der Waals surface area (Å²) in [6.07, 6.45) is 0. The monoisotopic (exact) mass is 355 g/mol. The molecule has 2 unspecified atom stereocenters. The number of anilines is 1. The number of sulfone groups is 1. The van der Waals surface area contributed by atoms with E-state index in [0.717, 1.165) is 21.1 Å². The average Bonchev–Trinajstić information content (AvgIpc) is 3.06. The number of hydrogen-bond donors (Lipinski definition) is 1. The van der Waals surface area contributed by atoms with Gasteiger partial charge in [0.2, 0.25) is 0 Å². The van der Waals surface area contributed by atoms with Gasteiger partial charge in [-0.1, -0.05) is 11.3 Å². The van der Waals surface area contributed by atoms with Crippen LogP contribution < -0.4 is 15.0 Å². The van der Waals surface area contributed by atoms with E-state index in [2.05, 4.69) is 10.3 Å². The second-order valence-corrected chi connectivity index (χ2v) is 8.95. The largest absolute Gasteiger partial charge is 0.497 e. The highest BCUT2D eigenvalue weighted by molar-refractivity contribution is 7.91. The Bertz CT molecular complexity index is 877. The highest BCUT2D eigenvalue weighted by Crippen LogP contribution is 2.36. The molecule has 1 N–H and O–H groups in total. The molecular formula is C13H13N3O3S3. The van der Waals surface area contributed by atoms with Crippen LogP contribution in [0.15, 0.2) is 18.2 Å². The molecule has 0 radical (unpaired) electrons. The van der Waals surface area contributed by atoms with Crippen LogP contribution in [0.4, 0.5) is 5.13 Å². The summed E-state index contributed by atoms with van der Waals surface area (Å²) in [5, 5.41) is 4.39. The Morgan fingerprint density at radius 3 is 3.05 bits per heavy atom. The van der Waals surface area contributed by atoms with Crippen molar-refractivity contribution in [3.05, 3.63) is 18.2 Å². The van der Waals surface area contributed by atoms with Gasteiger partial charge in [-0.2, -0.15) is 0 Å². The minimum absolute atomic E-state index is 0.115. The first-order valence-corrected chi connectivity index (χ1v) is 9.76. The summed E-state index contributed by atoms with van der Waals surface area (Å²) in [4.78, 5) is 6.44. The van der Waals surface area contributed by atoms with Crippen LogP contribution in [0.3, 0.4) is 0 Å². The highest BCUT2D eigenvalue weighted by Gasteiger charge is 2.48. The molecule has 9 heteroatoms. The van der Waals surface area contributed by atoms with Gasteiger partial charge in [0.1, 0.15) is 5.75 Å². The molecule has 1 aromatic carbocycles. The Kier molecular flexibility index (Phi) is 3.07. The molecule has 3 heterocycles. The second kappa shape index (κ2) is 4.77. The van der Waals surface area contributed by atoms with Gasteiger partial charge in [-0.25, -0.2) is 13.4 Å². The van der Waals surface area contributed by atoms with Crippen LogP contribution in [0.25, 0.3) is 10.2 Å². The van der Waals surface area contributed by atoms with Crippen LogP contribution in [0.5, 0.6) is 5.75 Å². The summed E-state index contributed by atoms with van der Waals surface area (Å²) in [6, 6.07) is 5.36. The predicted octanol–water partition coefficient (Wildman–Crippen LogP) is 1.17. The summed E-state index contributed by atoms with van der Waals surface area (Å²) in [7, 11) is -1.40. The van der Waals surface area contributed by atoms with Gasteiger partial charge in [0.25, 0.3) is 0 Å². The number of thiazole rings is 1. The van der Waals surface area contributed by atoms with E-state index in [1.54, 1.807) is 7.11 Å². The zero-order valence-electron chi connectivity index (χ0n) is 11.6. The topological polar surface area (TPSA) is 71.5 Å². The Labute approximate surface area is 137 Å². The second-order valence-electron chi connectivity index (χ2n) is 5.40. The van der Waals surface area contributed by atoms with E-state index in [1.807, 2.05) is 23.1 Å². The maximum atomic E-state index is 11.8. The van der Waals surface area contributed by atoms with Crippen LogP contribution in [-0.4, -0.2) is 49.2 Å². The molecule has 0 bridgehead atoms. The molecule has 0 saturated carbocycles. The van der Waals surface area contributed by atoms with Crippen LogP contribution in [0.1, 0.15) is 0 Å². The number of benzene rings is 1. The fraction of sp³-hybridized carbons (Fsp3) is 0.385. The fourth-order valence-electron chi connectivity index (χ4n) is 2.95. The molecule has 2 aromatic rings. The molecule has 22 heavy (non-hydrogen) atoms. The molecule has 1 aromatic heterocycles. The van der Waals surface area contributed by atoms with Gasteiger partial charge < -0.3 is 10.1 Å². The molecule has 2 aliphatic heterocycles.